The highest BCUT2D eigenvalue weighted by atomic mass is 16.5. The van der Waals surface area contributed by atoms with Gasteiger partial charge in [-0.25, -0.2) is 0 Å². The van der Waals surface area contributed by atoms with Crippen molar-refractivity contribution in [2.45, 2.75) is 46.5 Å². The van der Waals surface area contributed by atoms with Crippen LogP contribution >= 0.6 is 0 Å². The van der Waals surface area contributed by atoms with Crippen LogP contribution in [0.1, 0.15) is 46.5 Å². The zero-order valence-electron chi connectivity index (χ0n) is 11.3. The van der Waals surface area contributed by atoms with E-state index in [1.54, 1.807) is 0 Å². The number of unbranched alkanes of at least 4 members (excludes halogenated alkanes) is 1. The summed E-state index contributed by atoms with van der Waals surface area (Å²) >= 11 is 0. The molecule has 0 fully saturated rings. The maximum absolute atomic E-state index is 5.65. The molecule has 0 saturated carbocycles. The standard InChI is InChI=1S/C13H29NO2/c1-4-5-8-15-10-11-16-9-6-7-13(2,3)12-14/h4-12,14H2,1-3H3. The summed E-state index contributed by atoms with van der Waals surface area (Å²) in [6.07, 6.45) is 4.54. The van der Waals surface area contributed by atoms with Gasteiger partial charge >= 0.3 is 0 Å². The SMILES string of the molecule is CCCCOCCOCCCC(C)(C)CN. The van der Waals surface area contributed by atoms with Crippen LogP contribution in [0.5, 0.6) is 0 Å². The molecule has 3 nitrogen and oxygen atoms in total. The van der Waals surface area contributed by atoms with Crippen molar-refractivity contribution in [2.24, 2.45) is 11.1 Å². The Bertz CT molecular complexity index is 149. The number of hydrogen-bond acceptors (Lipinski definition) is 3. The summed E-state index contributed by atoms with van der Waals surface area (Å²) in [5.74, 6) is 0. The summed E-state index contributed by atoms with van der Waals surface area (Å²) in [5, 5.41) is 0. The minimum absolute atomic E-state index is 0.251. The van der Waals surface area contributed by atoms with Gasteiger partial charge in [0.2, 0.25) is 0 Å². The highest BCUT2D eigenvalue weighted by molar-refractivity contribution is 4.68. The summed E-state index contributed by atoms with van der Waals surface area (Å²) in [6.45, 7) is 10.4. The molecule has 0 atom stereocenters. The Balaban J connectivity index is 3.10. The van der Waals surface area contributed by atoms with Gasteiger partial charge in [0, 0.05) is 13.2 Å². The van der Waals surface area contributed by atoms with Crippen molar-refractivity contribution in [1.82, 2.24) is 0 Å². The molecule has 2 N–H and O–H groups in total. The average molecular weight is 231 g/mol. The third-order valence-corrected chi connectivity index (χ3v) is 2.71. The second-order valence-corrected chi connectivity index (χ2v) is 5.05. The van der Waals surface area contributed by atoms with Crippen LogP contribution in [-0.2, 0) is 9.47 Å². The predicted octanol–water partition coefficient (Wildman–Crippen LogP) is 2.58. The average Bonchev–Trinajstić information content (AvgIpc) is 2.27. The third kappa shape index (κ3) is 10.4. The quantitative estimate of drug-likeness (QED) is 0.556. The van der Waals surface area contributed by atoms with Crippen LogP contribution < -0.4 is 5.73 Å². The van der Waals surface area contributed by atoms with Crippen LogP contribution in [0.3, 0.4) is 0 Å². The summed E-state index contributed by atoms with van der Waals surface area (Å²) in [4.78, 5) is 0. The van der Waals surface area contributed by atoms with E-state index in [0.717, 1.165) is 45.6 Å². The van der Waals surface area contributed by atoms with Gasteiger partial charge in [0.1, 0.15) is 0 Å². The Morgan fingerprint density at radius 2 is 1.50 bits per heavy atom. The lowest BCUT2D eigenvalue weighted by Gasteiger charge is -2.21. The fourth-order valence-corrected chi connectivity index (χ4v) is 1.32. The minimum atomic E-state index is 0.251. The summed E-state index contributed by atoms with van der Waals surface area (Å²) in [7, 11) is 0. The molecule has 0 radical (unpaired) electrons. The lowest BCUT2D eigenvalue weighted by molar-refractivity contribution is 0.0431. The van der Waals surface area contributed by atoms with Gasteiger partial charge in [0.05, 0.1) is 13.2 Å². The first-order valence-corrected chi connectivity index (χ1v) is 6.48. The molecule has 0 spiro atoms. The van der Waals surface area contributed by atoms with Gasteiger partial charge in [0.15, 0.2) is 0 Å². The van der Waals surface area contributed by atoms with E-state index >= 15 is 0 Å². The van der Waals surface area contributed by atoms with Crippen LogP contribution in [0.4, 0.5) is 0 Å². The number of nitrogens with two attached hydrogens (primary N) is 1. The van der Waals surface area contributed by atoms with Crippen LogP contribution in [0.2, 0.25) is 0 Å². The van der Waals surface area contributed by atoms with Crippen LogP contribution in [-0.4, -0.2) is 33.0 Å². The zero-order chi connectivity index (χ0) is 12.3. The summed E-state index contributed by atoms with van der Waals surface area (Å²) < 4.78 is 10.9. The Morgan fingerprint density at radius 3 is 2.00 bits per heavy atom. The highest BCUT2D eigenvalue weighted by Gasteiger charge is 2.14. The lowest BCUT2D eigenvalue weighted by atomic mass is 9.88. The smallest absolute Gasteiger partial charge is 0.0700 e. The van der Waals surface area contributed by atoms with E-state index in [1.807, 2.05) is 0 Å². The van der Waals surface area contributed by atoms with E-state index in [1.165, 1.54) is 6.42 Å². The first-order valence-electron chi connectivity index (χ1n) is 6.48. The molecule has 0 aliphatic carbocycles. The molecule has 0 rings (SSSR count). The van der Waals surface area contributed by atoms with Crippen molar-refractivity contribution >= 4 is 0 Å². The Labute approximate surface area is 101 Å². The van der Waals surface area contributed by atoms with E-state index in [4.69, 9.17) is 15.2 Å². The Kier molecular flexibility index (Phi) is 9.99. The van der Waals surface area contributed by atoms with Gasteiger partial charge in [0.25, 0.3) is 0 Å². The topological polar surface area (TPSA) is 44.5 Å². The minimum Gasteiger partial charge on any atom is -0.379 e. The van der Waals surface area contributed by atoms with Crippen molar-refractivity contribution in [1.29, 1.82) is 0 Å². The van der Waals surface area contributed by atoms with Gasteiger partial charge in [-0.05, 0) is 31.2 Å². The van der Waals surface area contributed by atoms with Gasteiger partial charge in [-0.15, -0.1) is 0 Å². The molecule has 3 heteroatoms. The Morgan fingerprint density at radius 1 is 0.938 bits per heavy atom. The third-order valence-electron chi connectivity index (χ3n) is 2.71. The monoisotopic (exact) mass is 231 g/mol. The van der Waals surface area contributed by atoms with E-state index in [0.29, 0.717) is 6.61 Å². The molecule has 0 bridgehead atoms. The van der Waals surface area contributed by atoms with Crippen molar-refractivity contribution in [3.8, 4) is 0 Å². The summed E-state index contributed by atoms with van der Waals surface area (Å²) in [5.41, 5.74) is 5.91. The van der Waals surface area contributed by atoms with Gasteiger partial charge in [-0.3, -0.25) is 0 Å². The highest BCUT2D eigenvalue weighted by Crippen LogP contribution is 2.19. The molecule has 0 aromatic carbocycles. The normalized spacial score (nSPS) is 12.0. The van der Waals surface area contributed by atoms with Crippen molar-refractivity contribution in [2.75, 3.05) is 33.0 Å². The van der Waals surface area contributed by atoms with E-state index < -0.39 is 0 Å². The van der Waals surface area contributed by atoms with E-state index in [-0.39, 0.29) is 5.41 Å². The molecule has 0 unspecified atom stereocenters. The first-order chi connectivity index (χ1) is 7.62. The van der Waals surface area contributed by atoms with Crippen LogP contribution in [0, 0.1) is 5.41 Å². The zero-order valence-corrected chi connectivity index (χ0v) is 11.3. The van der Waals surface area contributed by atoms with Gasteiger partial charge in [-0.1, -0.05) is 27.2 Å². The molecule has 0 aromatic heterocycles. The summed E-state index contributed by atoms with van der Waals surface area (Å²) in [6, 6.07) is 0. The molecule has 98 valence electrons. The number of ether oxygens (including phenoxy) is 2. The molecule has 0 amide bonds. The Hall–Kier alpha value is -0.120. The fourth-order valence-electron chi connectivity index (χ4n) is 1.32. The molecular weight excluding hydrogens is 202 g/mol. The second-order valence-electron chi connectivity index (χ2n) is 5.05. The van der Waals surface area contributed by atoms with Crippen molar-refractivity contribution < 1.29 is 9.47 Å². The maximum Gasteiger partial charge on any atom is 0.0700 e. The molecule has 0 aliphatic rings. The van der Waals surface area contributed by atoms with E-state index in [9.17, 15) is 0 Å². The van der Waals surface area contributed by atoms with Gasteiger partial charge in [-0.2, -0.15) is 0 Å². The molecule has 0 saturated heterocycles. The maximum atomic E-state index is 5.65. The van der Waals surface area contributed by atoms with Crippen LogP contribution in [0.25, 0.3) is 0 Å². The first kappa shape index (κ1) is 15.9. The predicted molar refractivity (Wildman–Crippen MR) is 68.6 cm³/mol. The van der Waals surface area contributed by atoms with E-state index in [2.05, 4.69) is 20.8 Å². The van der Waals surface area contributed by atoms with Crippen LogP contribution in [0.15, 0.2) is 0 Å². The van der Waals surface area contributed by atoms with Crippen molar-refractivity contribution in [3.05, 3.63) is 0 Å². The second kappa shape index (κ2) is 10.1. The largest absolute Gasteiger partial charge is 0.379 e. The molecule has 0 aromatic rings. The molecule has 0 aliphatic heterocycles. The molecule has 0 heterocycles. The number of hydrogen-bond donors (Lipinski definition) is 1. The van der Waals surface area contributed by atoms with Crippen molar-refractivity contribution in [3.63, 3.8) is 0 Å². The lowest BCUT2D eigenvalue weighted by Crippen LogP contribution is -2.23. The number of rotatable bonds is 11. The van der Waals surface area contributed by atoms with Gasteiger partial charge < -0.3 is 15.2 Å². The fraction of sp³-hybridized carbons (Fsp3) is 1.00. The molecule has 16 heavy (non-hydrogen) atoms. The molecular formula is C13H29NO2.